The highest BCUT2D eigenvalue weighted by Gasteiger charge is 2.27. The smallest absolute Gasteiger partial charge is 0.328 e. The summed E-state index contributed by atoms with van der Waals surface area (Å²) in [4.78, 5) is 41.8. The van der Waals surface area contributed by atoms with Crippen LogP contribution in [0.3, 0.4) is 0 Å². The van der Waals surface area contributed by atoms with Gasteiger partial charge in [0.15, 0.2) is 34.3 Å². The Morgan fingerprint density at radius 1 is 0.742 bits per heavy atom. The molecule has 332 valence electrons. The van der Waals surface area contributed by atoms with Gasteiger partial charge in [-0.15, -0.1) is 0 Å². The van der Waals surface area contributed by atoms with E-state index >= 15 is 0 Å². The van der Waals surface area contributed by atoms with E-state index in [0.29, 0.717) is 82.5 Å². The third kappa shape index (κ3) is 10.9. The minimum Gasteiger partial charge on any atom is -0.493 e. The molecule has 0 fully saturated rings. The predicted octanol–water partition coefficient (Wildman–Crippen LogP) is 5.91. The molecule has 6 aromatic rings. The van der Waals surface area contributed by atoms with Gasteiger partial charge < -0.3 is 28.9 Å². The SMILES string of the molecule is CCOc1cc(C(CS(C)(=O)=O)n2c(=O)[nH]c3cc(CC(C)CCCOc4cc(C(CS(C)(=O)=O)n5c(=O)[nH]c6cc(C=C(C)C)cnc65)ccc4OC)cnc32)ccc1OC. The molecule has 0 aliphatic carbocycles. The fraction of sp³-hybridized carbons (Fsp3) is 0.409. The van der Waals surface area contributed by atoms with Crippen LogP contribution in [-0.4, -0.2) is 97.4 Å². The second-order valence-electron chi connectivity index (χ2n) is 15.9. The average Bonchev–Trinajstić information content (AvgIpc) is 3.70. The van der Waals surface area contributed by atoms with Crippen molar-refractivity contribution in [3.8, 4) is 23.0 Å². The van der Waals surface area contributed by atoms with Crippen molar-refractivity contribution in [2.75, 3.05) is 51.5 Å². The molecule has 0 saturated carbocycles. The highest BCUT2D eigenvalue weighted by atomic mass is 32.2. The number of imidazole rings is 2. The van der Waals surface area contributed by atoms with Gasteiger partial charge in [0.05, 0.1) is 62.1 Å². The number of allylic oxidation sites excluding steroid dienone is 1. The third-order valence-corrected chi connectivity index (χ3v) is 12.2. The fourth-order valence-corrected chi connectivity index (χ4v) is 9.53. The molecule has 16 nitrogen and oxygen atoms in total. The number of pyridine rings is 2. The van der Waals surface area contributed by atoms with Crippen molar-refractivity contribution in [3.63, 3.8) is 0 Å². The van der Waals surface area contributed by atoms with Gasteiger partial charge in [-0.3, -0.25) is 9.13 Å². The summed E-state index contributed by atoms with van der Waals surface area (Å²) >= 11 is 0. The Morgan fingerprint density at radius 3 is 1.76 bits per heavy atom. The molecule has 0 bridgehead atoms. The zero-order chi connectivity index (χ0) is 44.9. The van der Waals surface area contributed by atoms with Crippen LogP contribution in [0.1, 0.15) is 74.9 Å². The van der Waals surface area contributed by atoms with E-state index in [1.165, 1.54) is 23.4 Å². The standard InChI is InChI=1S/C44H54N6O10S2/c1-9-59-39-21-31(12-14-37(39)57-5)35(25-61(7,53)54)49-42-34(48-44(49)52)20-30(24-46-42)18-28(4)11-10-16-60-40-22-32(13-15-38(40)58-6)36(26-62(8,55)56)50-41-33(47-43(50)51)19-29(23-45-41)17-27(2)3/h12-15,17,19-24,28,35-36H,9-11,16,18,25-26H2,1-8H3,(H,47,51)(H,48,52). The van der Waals surface area contributed by atoms with E-state index in [9.17, 15) is 26.4 Å². The molecule has 3 unspecified atom stereocenters. The van der Waals surface area contributed by atoms with E-state index in [-0.39, 0.29) is 17.4 Å². The molecule has 0 saturated heterocycles. The van der Waals surface area contributed by atoms with Crippen molar-refractivity contribution in [1.29, 1.82) is 0 Å². The maximum absolute atomic E-state index is 13.5. The van der Waals surface area contributed by atoms with Gasteiger partial charge in [-0.05, 0) is 105 Å². The van der Waals surface area contributed by atoms with Gasteiger partial charge in [0.2, 0.25) is 0 Å². The lowest BCUT2D eigenvalue weighted by Gasteiger charge is -2.20. The van der Waals surface area contributed by atoms with Gasteiger partial charge in [-0.2, -0.15) is 0 Å². The first kappa shape index (κ1) is 45.6. The summed E-state index contributed by atoms with van der Waals surface area (Å²) in [6, 6.07) is 12.1. The van der Waals surface area contributed by atoms with Crippen molar-refractivity contribution >= 4 is 48.1 Å². The van der Waals surface area contributed by atoms with E-state index < -0.39 is 43.1 Å². The van der Waals surface area contributed by atoms with Crippen molar-refractivity contribution in [1.82, 2.24) is 29.1 Å². The Bertz CT molecular complexity index is 2950. The summed E-state index contributed by atoms with van der Waals surface area (Å²) in [5.41, 5.74) is 4.52. The number of sulfone groups is 2. The lowest BCUT2D eigenvalue weighted by Crippen LogP contribution is -2.28. The van der Waals surface area contributed by atoms with Crippen LogP contribution in [0, 0.1) is 5.92 Å². The van der Waals surface area contributed by atoms with Gasteiger partial charge in [0, 0.05) is 24.9 Å². The number of nitrogens with one attached hydrogen (secondary N) is 2. The Labute approximate surface area is 360 Å². The number of ether oxygens (including phenoxy) is 4. The Kier molecular flexibility index (Phi) is 14.0. The Hall–Kier alpha value is -5.88. The van der Waals surface area contributed by atoms with E-state index in [2.05, 4.69) is 26.9 Å². The summed E-state index contributed by atoms with van der Waals surface area (Å²) in [7, 11) is -4.08. The molecule has 0 spiro atoms. The topological polar surface area (TPSA) is 207 Å². The fourth-order valence-electron chi connectivity index (χ4n) is 7.70. The molecule has 4 aromatic heterocycles. The molecular weight excluding hydrogens is 837 g/mol. The summed E-state index contributed by atoms with van der Waals surface area (Å²) in [6.07, 6.45) is 9.64. The van der Waals surface area contributed by atoms with E-state index in [1.54, 1.807) is 48.8 Å². The number of aromatic nitrogens is 6. The maximum atomic E-state index is 13.5. The lowest BCUT2D eigenvalue weighted by molar-refractivity contribution is 0.277. The predicted molar refractivity (Wildman–Crippen MR) is 240 cm³/mol. The number of rotatable bonds is 20. The summed E-state index contributed by atoms with van der Waals surface area (Å²) in [5.74, 6) is 1.29. The third-order valence-electron chi connectivity index (χ3n) is 10.3. The first-order valence-electron chi connectivity index (χ1n) is 20.2. The van der Waals surface area contributed by atoms with Gasteiger partial charge in [0.25, 0.3) is 0 Å². The molecule has 0 aliphatic rings. The van der Waals surface area contributed by atoms with Crippen LogP contribution >= 0.6 is 0 Å². The highest BCUT2D eigenvalue weighted by molar-refractivity contribution is 7.90. The molecule has 3 atom stereocenters. The molecule has 62 heavy (non-hydrogen) atoms. The number of hydrogen-bond donors (Lipinski definition) is 2. The first-order valence-corrected chi connectivity index (χ1v) is 24.3. The summed E-state index contributed by atoms with van der Waals surface area (Å²) in [5, 5.41) is 0. The van der Waals surface area contributed by atoms with Crippen molar-refractivity contribution in [2.24, 2.45) is 5.92 Å². The largest absolute Gasteiger partial charge is 0.493 e. The second kappa shape index (κ2) is 19.0. The van der Waals surface area contributed by atoms with Gasteiger partial charge in [0.1, 0.15) is 19.7 Å². The maximum Gasteiger partial charge on any atom is 0.328 e. The normalized spacial score (nSPS) is 13.5. The number of benzene rings is 2. The van der Waals surface area contributed by atoms with E-state index in [4.69, 9.17) is 18.9 Å². The zero-order valence-corrected chi connectivity index (χ0v) is 37.9. The van der Waals surface area contributed by atoms with Crippen LogP contribution in [0.4, 0.5) is 0 Å². The molecule has 2 aromatic carbocycles. The first-order chi connectivity index (χ1) is 29.4. The van der Waals surface area contributed by atoms with Crippen LogP contribution in [0.15, 0.2) is 76.1 Å². The minimum atomic E-state index is -3.57. The highest BCUT2D eigenvalue weighted by Crippen LogP contribution is 2.35. The van der Waals surface area contributed by atoms with Crippen LogP contribution in [0.5, 0.6) is 23.0 Å². The van der Waals surface area contributed by atoms with Crippen molar-refractivity contribution in [3.05, 3.63) is 110 Å². The Balaban J connectivity index is 1.17. The van der Waals surface area contributed by atoms with Gasteiger partial charge in [-0.1, -0.05) is 30.7 Å². The second-order valence-corrected chi connectivity index (χ2v) is 20.3. The van der Waals surface area contributed by atoms with Crippen LogP contribution in [0.25, 0.3) is 28.4 Å². The number of H-pyrrole nitrogens is 2. The summed E-state index contributed by atoms with van der Waals surface area (Å²) in [6.45, 7) is 8.55. The minimum absolute atomic E-state index is 0.187. The number of hydrogen-bond acceptors (Lipinski definition) is 12. The Morgan fingerprint density at radius 2 is 1.26 bits per heavy atom. The lowest BCUT2D eigenvalue weighted by atomic mass is 9.97. The average molecular weight is 891 g/mol. The number of fused-ring (bicyclic) bond motifs is 2. The summed E-state index contributed by atoms with van der Waals surface area (Å²) < 4.78 is 76.5. The number of aromatic amines is 2. The molecule has 0 amide bonds. The molecule has 0 aliphatic heterocycles. The van der Waals surface area contributed by atoms with E-state index in [1.807, 2.05) is 39.0 Å². The van der Waals surface area contributed by atoms with Gasteiger partial charge in [-0.25, -0.2) is 36.4 Å². The van der Waals surface area contributed by atoms with Gasteiger partial charge >= 0.3 is 11.4 Å². The molecular formula is C44H54N6O10S2. The van der Waals surface area contributed by atoms with Crippen molar-refractivity contribution < 1.29 is 35.8 Å². The molecule has 6 rings (SSSR count). The monoisotopic (exact) mass is 890 g/mol. The number of methoxy groups -OCH3 is 2. The molecule has 2 N–H and O–H groups in total. The van der Waals surface area contributed by atoms with Crippen LogP contribution in [0.2, 0.25) is 0 Å². The van der Waals surface area contributed by atoms with Crippen LogP contribution in [-0.2, 0) is 26.1 Å². The molecule has 0 radical (unpaired) electrons. The van der Waals surface area contributed by atoms with Crippen molar-refractivity contribution in [2.45, 2.75) is 59.0 Å². The molecule has 4 heterocycles. The molecule has 18 heteroatoms. The zero-order valence-electron chi connectivity index (χ0n) is 36.2. The quantitative estimate of drug-likeness (QED) is 0.0859. The van der Waals surface area contributed by atoms with E-state index in [0.717, 1.165) is 35.6 Å². The van der Waals surface area contributed by atoms with Crippen LogP contribution < -0.4 is 30.3 Å². The number of nitrogens with zero attached hydrogens (tertiary/aromatic N) is 4.